The molecule has 0 aliphatic carbocycles. The Bertz CT molecular complexity index is 1230. The summed E-state index contributed by atoms with van der Waals surface area (Å²) in [4.78, 5) is 4.92. The summed E-state index contributed by atoms with van der Waals surface area (Å²) in [6.07, 6.45) is 1.91. The van der Waals surface area contributed by atoms with Crippen molar-refractivity contribution in [3.8, 4) is 11.3 Å². The average molecular weight is 455 g/mol. The number of aliphatic imine (C=N–C) groups is 1. The average Bonchev–Trinajstić information content (AvgIpc) is 3.05. The highest BCUT2D eigenvalue weighted by atomic mass is 35.5. The van der Waals surface area contributed by atoms with Crippen LogP contribution in [-0.2, 0) is 13.1 Å². The van der Waals surface area contributed by atoms with Crippen LogP contribution in [0, 0.1) is 0 Å². The minimum atomic E-state index is 0. The van der Waals surface area contributed by atoms with Crippen LogP contribution in [0.3, 0.4) is 0 Å². The minimum absolute atomic E-state index is 0. The maximum Gasteiger partial charge on any atom is 0.0745 e. The standard InChI is InChI=1S/C24H17Cl2N3.ClH/c25-18-10-11-19-21(12-18)23(20-8-4-5-9-22(20)26)27-13-17-14-28-29(24(17)19)15-16-6-2-1-3-7-16;/h1-12,14H,13,15H2;1H. The highest BCUT2D eigenvalue weighted by Crippen LogP contribution is 2.35. The van der Waals surface area contributed by atoms with Crippen molar-refractivity contribution in [2.24, 2.45) is 4.99 Å². The van der Waals surface area contributed by atoms with Gasteiger partial charge in [0.05, 0.1) is 30.7 Å². The van der Waals surface area contributed by atoms with E-state index >= 15 is 0 Å². The van der Waals surface area contributed by atoms with Gasteiger partial charge in [-0.15, -0.1) is 12.4 Å². The molecule has 0 N–H and O–H groups in total. The van der Waals surface area contributed by atoms with E-state index in [1.54, 1.807) is 0 Å². The number of fused-ring (bicyclic) bond motifs is 3. The summed E-state index contributed by atoms with van der Waals surface area (Å²) in [7, 11) is 0. The molecule has 30 heavy (non-hydrogen) atoms. The molecule has 1 aliphatic heterocycles. The van der Waals surface area contributed by atoms with Gasteiger partial charge >= 0.3 is 0 Å². The second-order valence-corrected chi connectivity index (χ2v) is 7.84. The van der Waals surface area contributed by atoms with Gasteiger partial charge in [0.2, 0.25) is 0 Å². The molecule has 0 unspecified atom stereocenters. The fourth-order valence-electron chi connectivity index (χ4n) is 3.78. The van der Waals surface area contributed by atoms with Crippen LogP contribution in [0.2, 0.25) is 10.0 Å². The topological polar surface area (TPSA) is 30.2 Å². The van der Waals surface area contributed by atoms with Gasteiger partial charge in [-0.25, -0.2) is 0 Å². The maximum atomic E-state index is 6.51. The van der Waals surface area contributed by atoms with Gasteiger partial charge in [-0.2, -0.15) is 5.10 Å². The number of nitrogens with zero attached hydrogens (tertiary/aromatic N) is 3. The smallest absolute Gasteiger partial charge is 0.0745 e. The number of hydrogen-bond donors (Lipinski definition) is 0. The third-order valence-electron chi connectivity index (χ3n) is 5.12. The summed E-state index contributed by atoms with van der Waals surface area (Å²) in [6.45, 7) is 1.23. The molecule has 0 radical (unpaired) electrons. The first-order valence-electron chi connectivity index (χ1n) is 9.39. The number of hydrogen-bond acceptors (Lipinski definition) is 2. The molecule has 0 bridgehead atoms. The van der Waals surface area contributed by atoms with Gasteiger partial charge in [0.1, 0.15) is 0 Å². The molecular formula is C24H18Cl3N3. The summed E-state index contributed by atoms with van der Waals surface area (Å²) in [5.74, 6) is 0. The van der Waals surface area contributed by atoms with Gasteiger partial charge in [0, 0.05) is 32.3 Å². The summed E-state index contributed by atoms with van der Waals surface area (Å²) in [6, 6.07) is 24.1. The molecule has 3 aromatic carbocycles. The normalized spacial score (nSPS) is 12.3. The summed E-state index contributed by atoms with van der Waals surface area (Å²) in [5.41, 5.74) is 7.16. The molecule has 1 aromatic heterocycles. The second-order valence-electron chi connectivity index (χ2n) is 7.00. The molecule has 0 atom stereocenters. The molecule has 0 amide bonds. The zero-order valence-electron chi connectivity index (χ0n) is 15.9. The number of halogens is 3. The predicted molar refractivity (Wildman–Crippen MR) is 126 cm³/mol. The first-order chi connectivity index (χ1) is 14.2. The van der Waals surface area contributed by atoms with Crippen molar-refractivity contribution >= 4 is 41.3 Å². The Morgan fingerprint density at radius 2 is 1.60 bits per heavy atom. The van der Waals surface area contributed by atoms with Crippen molar-refractivity contribution in [1.29, 1.82) is 0 Å². The van der Waals surface area contributed by atoms with E-state index in [9.17, 15) is 0 Å². The van der Waals surface area contributed by atoms with Crippen LogP contribution in [0.1, 0.15) is 22.3 Å². The first kappa shape index (κ1) is 20.7. The van der Waals surface area contributed by atoms with Gasteiger partial charge in [-0.3, -0.25) is 9.67 Å². The van der Waals surface area contributed by atoms with Gasteiger partial charge in [0.25, 0.3) is 0 Å². The van der Waals surface area contributed by atoms with Crippen molar-refractivity contribution in [2.75, 3.05) is 0 Å². The molecule has 3 nitrogen and oxygen atoms in total. The molecular weight excluding hydrogens is 437 g/mol. The van der Waals surface area contributed by atoms with Crippen molar-refractivity contribution in [2.45, 2.75) is 13.1 Å². The Morgan fingerprint density at radius 1 is 0.833 bits per heavy atom. The summed E-state index contributed by atoms with van der Waals surface area (Å²) >= 11 is 12.9. The SMILES string of the molecule is Cl.Clc1ccc2c(c1)C(c1ccccc1Cl)=NCc1cnn(Cc3ccccc3)c1-2. The zero-order valence-corrected chi connectivity index (χ0v) is 18.3. The Hall–Kier alpha value is -2.59. The minimum Gasteiger partial charge on any atom is -0.279 e. The fraction of sp³-hybridized carbons (Fsp3) is 0.0833. The van der Waals surface area contributed by atoms with E-state index < -0.39 is 0 Å². The number of rotatable bonds is 3. The quantitative estimate of drug-likeness (QED) is 0.340. The van der Waals surface area contributed by atoms with E-state index in [1.807, 2.05) is 65.5 Å². The van der Waals surface area contributed by atoms with Crippen LogP contribution in [0.4, 0.5) is 0 Å². The van der Waals surface area contributed by atoms with Crippen LogP contribution in [-0.4, -0.2) is 15.5 Å². The van der Waals surface area contributed by atoms with Gasteiger partial charge in [0.15, 0.2) is 0 Å². The Morgan fingerprint density at radius 3 is 2.40 bits per heavy atom. The van der Waals surface area contributed by atoms with Crippen LogP contribution in [0.5, 0.6) is 0 Å². The maximum absolute atomic E-state index is 6.51. The molecule has 0 saturated carbocycles. The van der Waals surface area contributed by atoms with E-state index in [-0.39, 0.29) is 12.4 Å². The van der Waals surface area contributed by atoms with E-state index in [1.165, 1.54) is 5.56 Å². The highest BCUT2D eigenvalue weighted by molar-refractivity contribution is 6.36. The lowest BCUT2D eigenvalue weighted by Gasteiger charge is -2.14. The lowest BCUT2D eigenvalue weighted by atomic mass is 9.95. The molecule has 4 aromatic rings. The molecule has 5 rings (SSSR count). The summed E-state index contributed by atoms with van der Waals surface area (Å²) < 4.78 is 2.04. The summed E-state index contributed by atoms with van der Waals surface area (Å²) in [5, 5.41) is 6.00. The highest BCUT2D eigenvalue weighted by Gasteiger charge is 2.24. The lowest BCUT2D eigenvalue weighted by molar-refractivity contribution is 0.694. The largest absolute Gasteiger partial charge is 0.279 e. The van der Waals surface area contributed by atoms with E-state index in [2.05, 4.69) is 23.3 Å². The van der Waals surface area contributed by atoms with Gasteiger partial charge < -0.3 is 0 Å². The first-order valence-corrected chi connectivity index (χ1v) is 10.1. The van der Waals surface area contributed by atoms with Gasteiger partial charge in [-0.1, -0.05) is 77.8 Å². The van der Waals surface area contributed by atoms with Gasteiger partial charge in [-0.05, 0) is 23.8 Å². The van der Waals surface area contributed by atoms with Crippen molar-refractivity contribution < 1.29 is 0 Å². The lowest BCUT2D eigenvalue weighted by Crippen LogP contribution is -2.08. The van der Waals surface area contributed by atoms with Crippen LogP contribution in [0.25, 0.3) is 11.3 Å². The number of aromatic nitrogens is 2. The monoisotopic (exact) mass is 453 g/mol. The molecule has 6 heteroatoms. The number of benzene rings is 3. The molecule has 0 spiro atoms. The Balaban J connectivity index is 0.00000218. The molecule has 1 aliphatic rings. The zero-order chi connectivity index (χ0) is 19.8. The third kappa shape index (κ3) is 3.77. The third-order valence-corrected chi connectivity index (χ3v) is 5.68. The Labute approximate surface area is 191 Å². The van der Waals surface area contributed by atoms with E-state index in [0.717, 1.165) is 33.7 Å². The fourth-order valence-corrected chi connectivity index (χ4v) is 4.18. The van der Waals surface area contributed by atoms with E-state index in [4.69, 9.17) is 28.2 Å². The van der Waals surface area contributed by atoms with Crippen molar-refractivity contribution in [3.05, 3.63) is 111 Å². The van der Waals surface area contributed by atoms with Crippen molar-refractivity contribution in [1.82, 2.24) is 9.78 Å². The molecule has 2 heterocycles. The van der Waals surface area contributed by atoms with E-state index in [0.29, 0.717) is 23.1 Å². The second kappa shape index (κ2) is 8.65. The predicted octanol–water partition coefficient (Wildman–Crippen LogP) is 6.68. The van der Waals surface area contributed by atoms with Crippen LogP contribution >= 0.6 is 35.6 Å². The van der Waals surface area contributed by atoms with Crippen LogP contribution < -0.4 is 0 Å². The van der Waals surface area contributed by atoms with Crippen molar-refractivity contribution in [3.63, 3.8) is 0 Å². The molecule has 150 valence electrons. The van der Waals surface area contributed by atoms with Crippen LogP contribution in [0.15, 0.2) is 84.0 Å². The Kier molecular flexibility index (Phi) is 5.96. The molecule has 0 fully saturated rings. The molecule has 0 saturated heterocycles.